The number of thiazole rings is 1. The van der Waals surface area contributed by atoms with Crippen molar-refractivity contribution < 1.29 is 37.3 Å². The number of ether oxygens (including phenoxy) is 2. The van der Waals surface area contributed by atoms with Crippen LogP contribution in [0.1, 0.15) is 53.5 Å². The van der Waals surface area contributed by atoms with Gasteiger partial charge in [-0.15, -0.1) is 0 Å². The highest BCUT2D eigenvalue weighted by molar-refractivity contribution is 7.16. The lowest BCUT2D eigenvalue weighted by molar-refractivity contribution is -0.164. The molecule has 11 nitrogen and oxygen atoms in total. The largest absolute Gasteiger partial charge is 0.497 e. The highest BCUT2D eigenvalue weighted by atomic mass is 32.1. The van der Waals surface area contributed by atoms with Crippen molar-refractivity contribution in [1.82, 2.24) is 19.9 Å². The molecule has 2 aromatic heterocycles. The molecule has 4 heterocycles. The number of carbonyl (C=O) groups excluding carboxylic acids is 1. The molecule has 3 aromatic rings. The summed E-state index contributed by atoms with van der Waals surface area (Å²) in [5.41, 5.74) is -1.49. The van der Waals surface area contributed by atoms with Gasteiger partial charge in [-0.1, -0.05) is 11.3 Å². The number of hydrogen-bond acceptors (Lipinski definition) is 10. The van der Waals surface area contributed by atoms with Crippen LogP contribution in [0.25, 0.3) is 11.3 Å². The van der Waals surface area contributed by atoms with Crippen LogP contribution in [-0.2, 0) is 22.3 Å². The smallest absolute Gasteiger partial charge is 0.416 e. The van der Waals surface area contributed by atoms with E-state index in [0.29, 0.717) is 37.2 Å². The van der Waals surface area contributed by atoms with E-state index in [0.717, 1.165) is 36.4 Å². The summed E-state index contributed by atoms with van der Waals surface area (Å²) in [5, 5.41) is 12.5. The minimum atomic E-state index is -4.58. The van der Waals surface area contributed by atoms with Gasteiger partial charge in [0.2, 0.25) is 0 Å². The number of methoxy groups -OCH3 is 2. The van der Waals surface area contributed by atoms with Crippen molar-refractivity contribution in [3.8, 4) is 17.0 Å². The average Bonchev–Trinajstić information content (AvgIpc) is 3.61. The van der Waals surface area contributed by atoms with E-state index in [-0.39, 0.29) is 35.0 Å². The first-order valence-corrected chi connectivity index (χ1v) is 14.9. The van der Waals surface area contributed by atoms with Crippen LogP contribution in [0.3, 0.4) is 0 Å². The molecule has 2 saturated heterocycles. The molecule has 0 bridgehead atoms. The number of halogens is 3. The number of benzene rings is 1. The van der Waals surface area contributed by atoms with E-state index in [1.54, 1.807) is 0 Å². The zero-order valence-electron chi connectivity index (χ0n) is 24.5. The van der Waals surface area contributed by atoms with Gasteiger partial charge in [0.05, 0.1) is 30.8 Å². The molecule has 0 unspecified atom stereocenters. The molecule has 0 aliphatic carbocycles. The number of aromatic nitrogens is 3. The molecule has 44 heavy (non-hydrogen) atoms. The Hall–Kier alpha value is -3.82. The quantitative estimate of drug-likeness (QED) is 0.334. The van der Waals surface area contributed by atoms with Crippen LogP contribution >= 0.6 is 11.3 Å². The number of rotatable bonds is 9. The van der Waals surface area contributed by atoms with Gasteiger partial charge >= 0.3 is 12.1 Å². The number of alkyl halides is 3. The molecule has 236 valence electrons. The molecule has 5 rings (SSSR count). The van der Waals surface area contributed by atoms with E-state index in [1.807, 2.05) is 4.90 Å². The number of carbonyl (C=O) groups is 2. The number of hydrogen-bond donors (Lipinski definition) is 2. The molecule has 1 aromatic carbocycles. The molecule has 1 amide bonds. The third kappa shape index (κ3) is 6.64. The normalized spacial score (nSPS) is 18.8. The Morgan fingerprint density at radius 2 is 1.89 bits per heavy atom. The predicted octanol–water partition coefficient (Wildman–Crippen LogP) is 4.93. The van der Waals surface area contributed by atoms with Crippen molar-refractivity contribution in [2.45, 2.75) is 57.0 Å². The maximum atomic E-state index is 13.7. The van der Waals surface area contributed by atoms with E-state index in [4.69, 9.17) is 9.47 Å². The Labute approximate surface area is 256 Å². The minimum Gasteiger partial charge on any atom is -0.497 e. The molecule has 1 atom stereocenters. The maximum Gasteiger partial charge on any atom is 0.416 e. The molecule has 2 fully saturated rings. The molecule has 2 N–H and O–H groups in total. The number of nitrogens with one attached hydrogen (secondary N) is 1. The number of amides is 1. The second-order valence-corrected chi connectivity index (χ2v) is 12.0. The number of piperidine rings is 1. The van der Waals surface area contributed by atoms with Gasteiger partial charge in [0, 0.05) is 56.1 Å². The van der Waals surface area contributed by atoms with Crippen molar-refractivity contribution in [3.05, 3.63) is 46.7 Å². The topological polar surface area (TPSA) is 130 Å². The summed E-state index contributed by atoms with van der Waals surface area (Å²) in [6.07, 6.45) is 0.763. The van der Waals surface area contributed by atoms with Gasteiger partial charge in [-0.3, -0.25) is 15.0 Å². The van der Waals surface area contributed by atoms with E-state index in [2.05, 4.69) is 32.1 Å². The van der Waals surface area contributed by atoms with Gasteiger partial charge < -0.3 is 19.5 Å². The lowest BCUT2D eigenvalue weighted by Crippen LogP contribution is -2.51. The summed E-state index contributed by atoms with van der Waals surface area (Å²) in [7, 11) is 2.69. The van der Waals surface area contributed by atoms with Crippen LogP contribution in [0.15, 0.2) is 30.6 Å². The standard InChI is InChI=1S/C29H33F3N6O5S/c1-17-5-4-8-38(17)16-22-24(18-11-19(29(30,31)32)13-20(12-18)42-2)35-27(44-22)36-25(39)21-14-34-23(15-33-21)37-9-6-28(43-3,7-10-37)26(40)41/h11-15,17H,4-10,16H2,1-3H3,(H,40,41)(H,35,36,39)/t17-/m1/s1. The second kappa shape index (κ2) is 12.7. The number of likely N-dealkylation sites (tertiary alicyclic amines) is 1. The Morgan fingerprint density at radius 3 is 2.45 bits per heavy atom. The maximum absolute atomic E-state index is 13.7. The zero-order valence-corrected chi connectivity index (χ0v) is 25.3. The number of nitrogens with zero attached hydrogens (tertiary/aromatic N) is 5. The first kappa shape index (κ1) is 31.6. The van der Waals surface area contributed by atoms with Crippen LogP contribution in [0.4, 0.5) is 24.1 Å². The lowest BCUT2D eigenvalue weighted by Gasteiger charge is -2.38. The number of carboxylic acids is 1. The highest BCUT2D eigenvalue weighted by Gasteiger charge is 2.42. The van der Waals surface area contributed by atoms with Crippen molar-refractivity contribution in [3.63, 3.8) is 0 Å². The molecule has 2 aliphatic rings. The van der Waals surface area contributed by atoms with Crippen LogP contribution in [0, 0.1) is 0 Å². The molecule has 0 spiro atoms. The first-order valence-electron chi connectivity index (χ1n) is 14.1. The van der Waals surface area contributed by atoms with Crippen LogP contribution in [-0.4, -0.2) is 82.3 Å². The Kier molecular flexibility index (Phi) is 9.09. The average molecular weight is 635 g/mol. The number of anilines is 2. The zero-order chi connectivity index (χ0) is 31.6. The van der Waals surface area contributed by atoms with Crippen LogP contribution < -0.4 is 15.0 Å². The highest BCUT2D eigenvalue weighted by Crippen LogP contribution is 2.39. The Balaban J connectivity index is 1.36. The van der Waals surface area contributed by atoms with Gasteiger partial charge in [0.15, 0.2) is 10.7 Å². The number of aliphatic carboxylic acids is 1. The molecule has 2 aliphatic heterocycles. The molecule has 0 saturated carbocycles. The molecular formula is C29H33F3N6O5S. The minimum absolute atomic E-state index is 0.0229. The summed E-state index contributed by atoms with van der Waals surface area (Å²) >= 11 is 1.20. The summed E-state index contributed by atoms with van der Waals surface area (Å²) in [6.45, 7) is 4.21. The Morgan fingerprint density at radius 1 is 1.14 bits per heavy atom. The van der Waals surface area contributed by atoms with E-state index in [9.17, 15) is 27.9 Å². The third-order valence-electron chi connectivity index (χ3n) is 8.24. The SMILES string of the molecule is COc1cc(-c2nc(NC(=O)c3cnc(N4CCC(OC)(C(=O)O)CC4)cn3)sc2CN2CCC[C@H]2C)cc(C(F)(F)F)c1. The van der Waals surface area contributed by atoms with Crippen LogP contribution in [0.2, 0.25) is 0 Å². The van der Waals surface area contributed by atoms with Gasteiger partial charge in [0.25, 0.3) is 5.91 Å². The molecule has 0 radical (unpaired) electrons. The summed E-state index contributed by atoms with van der Waals surface area (Å²) in [4.78, 5) is 42.7. The Bertz CT molecular complexity index is 1510. The number of carboxylic acid groups (broad SMARTS) is 1. The lowest BCUT2D eigenvalue weighted by atomic mass is 9.91. The predicted molar refractivity (Wildman–Crippen MR) is 157 cm³/mol. The first-order chi connectivity index (χ1) is 20.9. The van der Waals surface area contributed by atoms with E-state index >= 15 is 0 Å². The molecule has 15 heteroatoms. The third-order valence-corrected chi connectivity index (χ3v) is 9.20. The summed E-state index contributed by atoms with van der Waals surface area (Å²) < 4.78 is 51.5. The van der Waals surface area contributed by atoms with Gasteiger partial charge in [-0.2, -0.15) is 13.2 Å². The summed E-state index contributed by atoms with van der Waals surface area (Å²) in [5.74, 6) is -1.04. The fraction of sp³-hybridized carbons (Fsp3) is 0.483. The van der Waals surface area contributed by atoms with E-state index < -0.39 is 29.2 Å². The fourth-order valence-electron chi connectivity index (χ4n) is 5.53. The van der Waals surface area contributed by atoms with Crippen molar-refractivity contribution in [2.24, 2.45) is 0 Å². The van der Waals surface area contributed by atoms with E-state index in [1.165, 1.54) is 44.0 Å². The molecular weight excluding hydrogens is 601 g/mol. The van der Waals surface area contributed by atoms with Gasteiger partial charge in [0.1, 0.15) is 17.3 Å². The van der Waals surface area contributed by atoms with Crippen molar-refractivity contribution in [2.75, 3.05) is 44.1 Å². The summed E-state index contributed by atoms with van der Waals surface area (Å²) in [6, 6.07) is 3.79. The van der Waals surface area contributed by atoms with Gasteiger partial charge in [-0.05, 0) is 44.5 Å². The second-order valence-electron chi connectivity index (χ2n) is 10.9. The van der Waals surface area contributed by atoms with Gasteiger partial charge in [-0.25, -0.2) is 19.7 Å². The van der Waals surface area contributed by atoms with Crippen molar-refractivity contribution in [1.29, 1.82) is 0 Å². The fourth-order valence-corrected chi connectivity index (χ4v) is 6.54. The van der Waals surface area contributed by atoms with Crippen molar-refractivity contribution >= 4 is 34.2 Å². The van der Waals surface area contributed by atoms with Crippen LogP contribution in [0.5, 0.6) is 5.75 Å². The monoisotopic (exact) mass is 634 g/mol.